The number of anilines is 1. The summed E-state index contributed by atoms with van der Waals surface area (Å²) in [5.74, 6) is -1.30. The molecule has 0 aliphatic heterocycles. The number of nitrogen functional groups attached to an aromatic ring is 1. The smallest absolute Gasteiger partial charge is 0.339 e. The summed E-state index contributed by atoms with van der Waals surface area (Å²) in [7, 11) is -2.80. The summed E-state index contributed by atoms with van der Waals surface area (Å²) < 4.78 is 31.2. The number of esters is 1. The molecule has 0 saturated carbocycles. The highest BCUT2D eigenvalue weighted by molar-refractivity contribution is 7.89. The van der Waals surface area contributed by atoms with Crippen molar-refractivity contribution in [2.75, 3.05) is 19.4 Å². The van der Waals surface area contributed by atoms with Crippen molar-refractivity contribution in [1.29, 1.82) is 0 Å². The first-order valence-electron chi connectivity index (χ1n) is 6.03. The van der Waals surface area contributed by atoms with E-state index in [1.54, 1.807) is 0 Å². The zero-order valence-electron chi connectivity index (χ0n) is 11.5. The van der Waals surface area contributed by atoms with Gasteiger partial charge in [-0.15, -0.1) is 0 Å². The Bertz CT molecular complexity index is 642. The lowest BCUT2D eigenvalue weighted by Crippen LogP contribution is -2.27. The van der Waals surface area contributed by atoms with Crippen LogP contribution in [0, 0.1) is 0 Å². The number of methoxy groups -OCH3 is 1. The van der Waals surface area contributed by atoms with Crippen LogP contribution in [0.25, 0.3) is 0 Å². The van der Waals surface area contributed by atoms with Gasteiger partial charge in [0.2, 0.25) is 15.9 Å². The van der Waals surface area contributed by atoms with Crippen LogP contribution in [0.5, 0.6) is 0 Å². The molecule has 5 N–H and O–H groups in total. The molecule has 0 spiro atoms. The van der Waals surface area contributed by atoms with Gasteiger partial charge in [0.25, 0.3) is 0 Å². The van der Waals surface area contributed by atoms with E-state index >= 15 is 0 Å². The Morgan fingerprint density at radius 3 is 2.57 bits per heavy atom. The molecule has 0 saturated heterocycles. The predicted octanol–water partition coefficient (Wildman–Crippen LogP) is -0.401. The largest absolute Gasteiger partial charge is 0.465 e. The predicted molar refractivity (Wildman–Crippen MR) is 75.8 cm³/mol. The lowest BCUT2D eigenvalue weighted by Gasteiger charge is -2.11. The number of amides is 1. The zero-order chi connectivity index (χ0) is 16.0. The van der Waals surface area contributed by atoms with Gasteiger partial charge < -0.3 is 16.2 Å². The number of carbonyl (C=O) groups is 2. The fraction of sp³-hybridized carbons (Fsp3) is 0.333. The van der Waals surface area contributed by atoms with E-state index in [4.69, 9.17) is 11.5 Å². The van der Waals surface area contributed by atoms with Crippen LogP contribution < -0.4 is 16.2 Å². The monoisotopic (exact) mass is 315 g/mol. The first kappa shape index (κ1) is 16.9. The van der Waals surface area contributed by atoms with Crippen LogP contribution in [-0.2, 0) is 19.6 Å². The van der Waals surface area contributed by atoms with E-state index in [9.17, 15) is 18.0 Å². The highest BCUT2D eigenvalue weighted by atomic mass is 32.2. The summed E-state index contributed by atoms with van der Waals surface area (Å²) >= 11 is 0. The number of hydrogen-bond donors (Lipinski definition) is 3. The van der Waals surface area contributed by atoms with E-state index in [2.05, 4.69) is 9.46 Å². The highest BCUT2D eigenvalue weighted by Crippen LogP contribution is 2.20. The number of rotatable bonds is 7. The Morgan fingerprint density at radius 2 is 2.00 bits per heavy atom. The number of primary amides is 1. The lowest BCUT2D eigenvalue weighted by molar-refractivity contribution is -0.118. The standard InChI is InChI=1S/C12H17N3O5S/c1-20-12(17)9-5-4-8(13)7-10(9)21(18,19)15-6-2-3-11(14)16/h4-5,7,15H,2-3,6,13H2,1H3,(H2,14,16). The summed E-state index contributed by atoms with van der Waals surface area (Å²) in [6, 6.07) is 3.85. The normalized spacial score (nSPS) is 11.1. The summed E-state index contributed by atoms with van der Waals surface area (Å²) in [5.41, 5.74) is 10.6. The molecule has 0 atom stereocenters. The van der Waals surface area contributed by atoms with Crippen molar-refractivity contribution in [3.05, 3.63) is 23.8 Å². The van der Waals surface area contributed by atoms with Gasteiger partial charge in [-0.3, -0.25) is 4.79 Å². The number of benzene rings is 1. The quantitative estimate of drug-likeness (QED) is 0.355. The number of nitrogens with two attached hydrogens (primary N) is 2. The van der Waals surface area contributed by atoms with Gasteiger partial charge in [0.05, 0.1) is 17.6 Å². The van der Waals surface area contributed by atoms with Crippen LogP contribution in [0.15, 0.2) is 23.1 Å². The van der Waals surface area contributed by atoms with E-state index < -0.39 is 21.9 Å². The fourth-order valence-corrected chi connectivity index (χ4v) is 2.89. The fourth-order valence-electron chi connectivity index (χ4n) is 1.59. The van der Waals surface area contributed by atoms with E-state index in [1.807, 2.05) is 0 Å². The molecule has 0 aliphatic rings. The maximum absolute atomic E-state index is 12.2. The van der Waals surface area contributed by atoms with Gasteiger partial charge in [-0.05, 0) is 24.6 Å². The van der Waals surface area contributed by atoms with Crippen LogP contribution in [-0.4, -0.2) is 33.9 Å². The van der Waals surface area contributed by atoms with E-state index in [0.717, 1.165) is 7.11 Å². The molecule has 21 heavy (non-hydrogen) atoms. The second-order valence-corrected chi connectivity index (χ2v) is 5.95. The number of sulfonamides is 1. The molecule has 1 rings (SSSR count). The maximum atomic E-state index is 12.2. The molecular formula is C12H17N3O5S. The van der Waals surface area contributed by atoms with Gasteiger partial charge >= 0.3 is 5.97 Å². The molecule has 8 nitrogen and oxygen atoms in total. The Balaban J connectivity index is 2.99. The molecule has 0 radical (unpaired) electrons. The zero-order valence-corrected chi connectivity index (χ0v) is 12.3. The molecule has 0 fully saturated rings. The van der Waals surface area contributed by atoms with Crippen molar-refractivity contribution in [2.45, 2.75) is 17.7 Å². The van der Waals surface area contributed by atoms with Crippen LogP contribution >= 0.6 is 0 Å². The van der Waals surface area contributed by atoms with Gasteiger partial charge in [0.15, 0.2) is 0 Å². The molecule has 9 heteroatoms. The van der Waals surface area contributed by atoms with Crippen LogP contribution in [0.1, 0.15) is 23.2 Å². The SMILES string of the molecule is COC(=O)c1ccc(N)cc1S(=O)(=O)NCCCC(N)=O. The first-order valence-corrected chi connectivity index (χ1v) is 7.52. The molecule has 0 heterocycles. The van der Waals surface area contributed by atoms with Crippen molar-refractivity contribution < 1.29 is 22.7 Å². The van der Waals surface area contributed by atoms with Gasteiger partial charge in [-0.2, -0.15) is 0 Å². The summed E-state index contributed by atoms with van der Waals surface area (Å²) in [6.45, 7) is 0.0146. The Morgan fingerprint density at radius 1 is 1.33 bits per heavy atom. The van der Waals surface area contributed by atoms with E-state index in [1.165, 1.54) is 18.2 Å². The second-order valence-electron chi connectivity index (χ2n) is 4.21. The average Bonchev–Trinajstić information content (AvgIpc) is 2.42. The molecule has 0 aromatic heterocycles. The minimum Gasteiger partial charge on any atom is -0.465 e. The molecule has 1 aromatic rings. The van der Waals surface area contributed by atoms with Gasteiger partial charge in [0, 0.05) is 18.7 Å². The van der Waals surface area contributed by atoms with Crippen LogP contribution in [0.3, 0.4) is 0 Å². The number of carbonyl (C=O) groups excluding carboxylic acids is 2. The Kier molecular flexibility index (Phi) is 5.68. The molecule has 116 valence electrons. The maximum Gasteiger partial charge on any atom is 0.339 e. The van der Waals surface area contributed by atoms with Crippen molar-refractivity contribution in [2.24, 2.45) is 5.73 Å². The molecule has 1 aromatic carbocycles. The molecule has 1 amide bonds. The molecule has 0 unspecified atom stereocenters. The summed E-state index contributed by atoms with van der Waals surface area (Å²) in [5, 5.41) is 0. The van der Waals surface area contributed by atoms with Gasteiger partial charge in [0.1, 0.15) is 0 Å². The summed E-state index contributed by atoms with van der Waals surface area (Å²) in [6.07, 6.45) is 0.313. The number of nitrogens with one attached hydrogen (secondary N) is 1. The molecular weight excluding hydrogens is 298 g/mol. The Hall–Kier alpha value is -2.13. The van der Waals surface area contributed by atoms with Gasteiger partial charge in [-0.1, -0.05) is 0 Å². The molecule has 0 aliphatic carbocycles. The van der Waals surface area contributed by atoms with Crippen molar-refractivity contribution in [3.8, 4) is 0 Å². The molecule has 0 bridgehead atoms. The van der Waals surface area contributed by atoms with Crippen molar-refractivity contribution >= 4 is 27.6 Å². The highest BCUT2D eigenvalue weighted by Gasteiger charge is 2.23. The second kappa shape index (κ2) is 7.04. The first-order chi connectivity index (χ1) is 9.77. The van der Waals surface area contributed by atoms with E-state index in [-0.39, 0.29) is 35.5 Å². The number of hydrogen-bond acceptors (Lipinski definition) is 6. The van der Waals surface area contributed by atoms with E-state index in [0.29, 0.717) is 0 Å². The lowest BCUT2D eigenvalue weighted by atomic mass is 10.2. The van der Waals surface area contributed by atoms with Crippen molar-refractivity contribution in [3.63, 3.8) is 0 Å². The third-order valence-electron chi connectivity index (χ3n) is 2.59. The van der Waals surface area contributed by atoms with Crippen LogP contribution in [0.4, 0.5) is 5.69 Å². The Labute approximate surface area is 122 Å². The topological polar surface area (TPSA) is 142 Å². The average molecular weight is 315 g/mol. The van der Waals surface area contributed by atoms with Crippen LogP contribution in [0.2, 0.25) is 0 Å². The minimum absolute atomic E-state index is 0.0146. The third kappa shape index (κ3) is 4.72. The van der Waals surface area contributed by atoms with Crippen molar-refractivity contribution in [1.82, 2.24) is 4.72 Å². The summed E-state index contributed by atoms with van der Waals surface area (Å²) in [4.78, 5) is 21.9. The number of ether oxygens (including phenoxy) is 1. The van der Waals surface area contributed by atoms with Gasteiger partial charge in [-0.25, -0.2) is 17.9 Å². The minimum atomic E-state index is -3.95. The third-order valence-corrected chi connectivity index (χ3v) is 4.09.